The van der Waals surface area contributed by atoms with Gasteiger partial charge in [0.15, 0.2) is 0 Å². The maximum Gasteiger partial charge on any atom is 0.246 e. The molecule has 0 radical (unpaired) electrons. The van der Waals surface area contributed by atoms with Crippen LogP contribution >= 0.6 is 0 Å². The van der Waals surface area contributed by atoms with Gasteiger partial charge in [-0.25, -0.2) is 12.8 Å². The van der Waals surface area contributed by atoms with Crippen LogP contribution in [0.2, 0.25) is 0 Å². The van der Waals surface area contributed by atoms with Crippen LogP contribution in [0, 0.1) is 12.7 Å². The van der Waals surface area contributed by atoms with Gasteiger partial charge in [-0.15, -0.1) is 10.2 Å². The van der Waals surface area contributed by atoms with Crippen LogP contribution < -0.4 is 0 Å². The highest BCUT2D eigenvalue weighted by Gasteiger charge is 2.30. The van der Waals surface area contributed by atoms with Gasteiger partial charge in [-0.1, -0.05) is 35.9 Å². The van der Waals surface area contributed by atoms with Gasteiger partial charge in [0.1, 0.15) is 12.4 Å². The van der Waals surface area contributed by atoms with Crippen molar-refractivity contribution < 1.29 is 17.6 Å². The number of benzene rings is 2. The first kappa shape index (κ1) is 21.1. The number of tetrazole rings is 1. The molecule has 0 unspecified atom stereocenters. The fourth-order valence-corrected chi connectivity index (χ4v) is 4.76. The van der Waals surface area contributed by atoms with Gasteiger partial charge in [-0.2, -0.15) is 9.10 Å². The SMILES string of the molecule is Cc1ccc(-c2nnn(CC(=O)N3CCN(S(=O)(=O)c4cccc(F)c4)CC3)n2)cc1. The lowest BCUT2D eigenvalue weighted by Crippen LogP contribution is -2.51. The Balaban J connectivity index is 1.36. The third kappa shape index (κ3) is 4.62. The molecule has 2 heterocycles. The van der Waals surface area contributed by atoms with Crippen molar-refractivity contribution in [2.75, 3.05) is 26.2 Å². The Labute approximate surface area is 179 Å². The molecule has 0 aliphatic carbocycles. The summed E-state index contributed by atoms with van der Waals surface area (Å²) < 4.78 is 40.0. The molecular weight excluding hydrogens is 423 g/mol. The number of amides is 1. The molecule has 2 aromatic carbocycles. The molecule has 0 bridgehead atoms. The number of carbonyl (C=O) groups excluding carboxylic acids is 1. The molecule has 1 aliphatic heterocycles. The van der Waals surface area contributed by atoms with Crippen LogP contribution in [0.5, 0.6) is 0 Å². The molecule has 162 valence electrons. The van der Waals surface area contributed by atoms with Crippen LogP contribution in [0.15, 0.2) is 53.4 Å². The minimum Gasteiger partial charge on any atom is -0.338 e. The Bertz CT molecular complexity index is 1190. The Morgan fingerprint density at radius 1 is 1.06 bits per heavy atom. The van der Waals surface area contributed by atoms with E-state index in [0.717, 1.165) is 17.2 Å². The summed E-state index contributed by atoms with van der Waals surface area (Å²) in [6.07, 6.45) is 0. The lowest BCUT2D eigenvalue weighted by molar-refractivity contribution is -0.133. The molecule has 11 heteroatoms. The second kappa shape index (κ2) is 8.52. The summed E-state index contributed by atoms with van der Waals surface area (Å²) in [7, 11) is -3.81. The topological polar surface area (TPSA) is 101 Å². The van der Waals surface area contributed by atoms with Crippen molar-refractivity contribution in [1.82, 2.24) is 29.4 Å². The second-order valence-electron chi connectivity index (χ2n) is 7.25. The smallest absolute Gasteiger partial charge is 0.246 e. The fourth-order valence-electron chi connectivity index (χ4n) is 3.30. The molecule has 0 saturated carbocycles. The zero-order chi connectivity index (χ0) is 22.0. The van der Waals surface area contributed by atoms with Crippen molar-refractivity contribution in [1.29, 1.82) is 0 Å². The van der Waals surface area contributed by atoms with E-state index >= 15 is 0 Å². The van der Waals surface area contributed by atoms with E-state index in [-0.39, 0.29) is 43.5 Å². The lowest BCUT2D eigenvalue weighted by atomic mass is 10.1. The van der Waals surface area contributed by atoms with E-state index in [9.17, 15) is 17.6 Å². The molecule has 1 saturated heterocycles. The van der Waals surface area contributed by atoms with Crippen LogP contribution in [-0.2, 0) is 21.4 Å². The third-order valence-electron chi connectivity index (χ3n) is 5.06. The summed E-state index contributed by atoms with van der Waals surface area (Å²) in [5.41, 5.74) is 1.92. The van der Waals surface area contributed by atoms with Gasteiger partial charge in [0, 0.05) is 31.7 Å². The minimum atomic E-state index is -3.81. The van der Waals surface area contributed by atoms with E-state index in [1.807, 2.05) is 31.2 Å². The van der Waals surface area contributed by atoms with E-state index < -0.39 is 15.8 Å². The van der Waals surface area contributed by atoms with Gasteiger partial charge in [0.25, 0.3) is 0 Å². The average Bonchev–Trinajstić information content (AvgIpc) is 3.22. The normalized spacial score (nSPS) is 15.2. The first-order chi connectivity index (χ1) is 14.8. The molecule has 0 atom stereocenters. The number of hydrogen-bond donors (Lipinski definition) is 0. The quantitative estimate of drug-likeness (QED) is 0.588. The van der Waals surface area contributed by atoms with Crippen molar-refractivity contribution in [3.05, 3.63) is 59.9 Å². The molecule has 31 heavy (non-hydrogen) atoms. The Hall–Kier alpha value is -3.18. The minimum absolute atomic E-state index is 0.0878. The molecule has 1 aromatic heterocycles. The van der Waals surface area contributed by atoms with E-state index in [1.165, 1.54) is 27.3 Å². The van der Waals surface area contributed by atoms with Crippen molar-refractivity contribution in [3.63, 3.8) is 0 Å². The van der Waals surface area contributed by atoms with E-state index in [2.05, 4.69) is 15.4 Å². The zero-order valence-electron chi connectivity index (χ0n) is 16.8. The van der Waals surface area contributed by atoms with Crippen LogP contribution in [0.1, 0.15) is 5.56 Å². The van der Waals surface area contributed by atoms with Crippen LogP contribution in [0.4, 0.5) is 4.39 Å². The molecule has 0 N–H and O–H groups in total. The van der Waals surface area contributed by atoms with Crippen molar-refractivity contribution in [2.45, 2.75) is 18.4 Å². The summed E-state index contributed by atoms with van der Waals surface area (Å²) >= 11 is 0. The molecule has 3 aromatic rings. The summed E-state index contributed by atoms with van der Waals surface area (Å²) in [5, 5.41) is 12.2. The van der Waals surface area contributed by atoms with Crippen molar-refractivity contribution in [2.24, 2.45) is 0 Å². The predicted molar refractivity (Wildman–Crippen MR) is 110 cm³/mol. The van der Waals surface area contributed by atoms with Gasteiger partial charge in [-0.3, -0.25) is 4.79 Å². The monoisotopic (exact) mass is 444 g/mol. The number of piperazine rings is 1. The number of hydrogen-bond acceptors (Lipinski definition) is 6. The van der Waals surface area contributed by atoms with Gasteiger partial charge in [0.05, 0.1) is 4.90 Å². The Morgan fingerprint density at radius 2 is 1.77 bits per heavy atom. The number of sulfonamides is 1. The number of aromatic nitrogens is 4. The standard InChI is InChI=1S/C20H21FN6O3S/c1-15-5-7-16(8-6-15)20-22-24-27(23-20)14-19(28)25-9-11-26(12-10-25)31(29,30)18-4-2-3-17(21)13-18/h2-8,13H,9-12,14H2,1H3. The maximum absolute atomic E-state index is 13.4. The number of aryl methyl sites for hydroxylation is 1. The second-order valence-corrected chi connectivity index (χ2v) is 9.19. The molecule has 1 amide bonds. The Kier molecular flexibility index (Phi) is 5.79. The van der Waals surface area contributed by atoms with Crippen LogP contribution in [0.25, 0.3) is 11.4 Å². The van der Waals surface area contributed by atoms with Gasteiger partial charge in [0.2, 0.25) is 21.8 Å². The average molecular weight is 444 g/mol. The number of rotatable bonds is 5. The summed E-state index contributed by atoms with van der Waals surface area (Å²) in [6.45, 7) is 2.61. The summed E-state index contributed by atoms with van der Waals surface area (Å²) in [5.74, 6) is -0.408. The van der Waals surface area contributed by atoms with Gasteiger partial charge < -0.3 is 4.90 Å². The molecule has 0 spiro atoms. The number of halogens is 1. The highest BCUT2D eigenvalue weighted by atomic mass is 32.2. The predicted octanol–water partition coefficient (Wildman–Crippen LogP) is 1.32. The van der Waals surface area contributed by atoms with Crippen LogP contribution in [0.3, 0.4) is 0 Å². The highest BCUT2D eigenvalue weighted by Crippen LogP contribution is 2.19. The van der Waals surface area contributed by atoms with E-state index in [4.69, 9.17) is 0 Å². The lowest BCUT2D eigenvalue weighted by Gasteiger charge is -2.33. The van der Waals surface area contributed by atoms with Crippen molar-refractivity contribution in [3.8, 4) is 11.4 Å². The van der Waals surface area contributed by atoms with Gasteiger partial charge in [-0.05, 0) is 30.3 Å². The first-order valence-electron chi connectivity index (χ1n) is 9.71. The van der Waals surface area contributed by atoms with E-state index in [1.54, 1.807) is 4.90 Å². The summed E-state index contributed by atoms with van der Waals surface area (Å²) in [6, 6.07) is 12.6. The zero-order valence-corrected chi connectivity index (χ0v) is 17.7. The Morgan fingerprint density at radius 3 is 2.45 bits per heavy atom. The number of nitrogens with zero attached hydrogens (tertiary/aromatic N) is 6. The third-order valence-corrected chi connectivity index (χ3v) is 6.96. The van der Waals surface area contributed by atoms with Gasteiger partial charge >= 0.3 is 0 Å². The molecule has 4 rings (SSSR count). The fraction of sp³-hybridized carbons (Fsp3) is 0.300. The summed E-state index contributed by atoms with van der Waals surface area (Å²) in [4.78, 5) is 15.3. The molecule has 1 fully saturated rings. The van der Waals surface area contributed by atoms with E-state index in [0.29, 0.717) is 5.82 Å². The maximum atomic E-state index is 13.4. The highest BCUT2D eigenvalue weighted by molar-refractivity contribution is 7.89. The molecular formula is C20H21FN6O3S. The van der Waals surface area contributed by atoms with Crippen molar-refractivity contribution >= 4 is 15.9 Å². The van der Waals surface area contributed by atoms with Crippen LogP contribution in [-0.4, -0.2) is 69.9 Å². The molecule has 1 aliphatic rings. The molecule has 9 nitrogen and oxygen atoms in total. The largest absolute Gasteiger partial charge is 0.338 e. The number of carbonyl (C=O) groups is 1. The first-order valence-corrected chi connectivity index (χ1v) is 11.2.